The Kier molecular flexibility index (Phi) is 6.13. The summed E-state index contributed by atoms with van der Waals surface area (Å²) < 4.78 is 21.7. The molecule has 0 radical (unpaired) electrons. The van der Waals surface area contributed by atoms with E-state index in [4.69, 9.17) is 4.43 Å². The lowest BCUT2D eigenvalue weighted by atomic mass is 10.2. The summed E-state index contributed by atoms with van der Waals surface area (Å²) in [7, 11) is -1.78. The molecular weight excluding hydrogens is 262 g/mol. The molecule has 0 aliphatic carbocycles. The van der Waals surface area contributed by atoms with Gasteiger partial charge in [-0.3, -0.25) is 0 Å². The number of rotatable bonds is 4. The van der Waals surface area contributed by atoms with E-state index in [2.05, 4.69) is 38.3 Å². The van der Waals surface area contributed by atoms with Crippen LogP contribution < -0.4 is 0 Å². The molecule has 0 saturated heterocycles. The van der Waals surface area contributed by atoms with Crippen LogP contribution in [0.25, 0.3) is 0 Å². The fraction of sp³-hybridized carbons (Fsp3) is 0.923. The van der Waals surface area contributed by atoms with Crippen molar-refractivity contribution in [2.24, 2.45) is 4.40 Å². The molecule has 108 valence electrons. The molecule has 0 amide bonds. The molecule has 1 unspecified atom stereocenters. The van der Waals surface area contributed by atoms with Crippen LogP contribution in [0.1, 0.15) is 48.5 Å². The van der Waals surface area contributed by atoms with Crippen molar-refractivity contribution < 1.29 is 8.98 Å². The van der Waals surface area contributed by atoms with Crippen molar-refractivity contribution >= 4 is 25.9 Å². The molecule has 3 nitrogen and oxygen atoms in total. The van der Waals surface area contributed by atoms with Crippen LogP contribution in [-0.2, 0) is 15.8 Å². The Morgan fingerprint density at radius 1 is 1.17 bits per heavy atom. The largest absolute Gasteiger partial charge is 0.591 e. The van der Waals surface area contributed by atoms with Gasteiger partial charge >= 0.3 is 0 Å². The maximum atomic E-state index is 11.8. The van der Waals surface area contributed by atoms with Crippen LogP contribution in [0, 0.1) is 0 Å². The lowest BCUT2D eigenvalue weighted by molar-refractivity contribution is 0.263. The predicted molar refractivity (Wildman–Crippen MR) is 84.1 cm³/mol. The van der Waals surface area contributed by atoms with Gasteiger partial charge in [0.15, 0.2) is 8.32 Å². The van der Waals surface area contributed by atoms with E-state index in [-0.39, 0.29) is 15.9 Å². The molecule has 0 aromatic rings. The molecule has 0 heterocycles. The van der Waals surface area contributed by atoms with Gasteiger partial charge in [-0.1, -0.05) is 25.2 Å². The van der Waals surface area contributed by atoms with Crippen molar-refractivity contribution in [1.82, 2.24) is 0 Å². The first-order chi connectivity index (χ1) is 7.77. The number of hydrogen-bond acceptors (Lipinski definition) is 3. The van der Waals surface area contributed by atoms with Gasteiger partial charge in [-0.25, -0.2) is 0 Å². The van der Waals surface area contributed by atoms with Crippen LogP contribution in [-0.4, -0.2) is 29.9 Å². The van der Waals surface area contributed by atoms with Crippen LogP contribution in [0.3, 0.4) is 0 Å². The van der Waals surface area contributed by atoms with Gasteiger partial charge in [-0.15, -0.1) is 0 Å². The summed E-state index contributed by atoms with van der Waals surface area (Å²) in [5, 5.41) is 0.179. The maximum absolute atomic E-state index is 11.8. The van der Waals surface area contributed by atoms with Crippen molar-refractivity contribution in [3.05, 3.63) is 0 Å². The third-order valence-corrected chi connectivity index (χ3v) is 9.11. The summed E-state index contributed by atoms with van der Waals surface area (Å²) in [5.41, 5.74) is 0. The average Bonchev–Trinajstić information content (AvgIpc) is 2.09. The zero-order valence-corrected chi connectivity index (χ0v) is 15.1. The first-order valence-electron chi connectivity index (χ1n) is 6.41. The molecule has 0 aliphatic rings. The normalized spacial score (nSPS) is 18.1. The van der Waals surface area contributed by atoms with Gasteiger partial charge in [0.25, 0.3) is 0 Å². The highest BCUT2D eigenvalue weighted by molar-refractivity contribution is 7.91. The van der Waals surface area contributed by atoms with Crippen LogP contribution >= 0.6 is 0 Å². The minimum atomic E-state index is -1.78. The van der Waals surface area contributed by atoms with Crippen LogP contribution in [0.5, 0.6) is 0 Å². The fourth-order valence-corrected chi connectivity index (χ4v) is 2.91. The molecule has 0 aromatic heterocycles. The summed E-state index contributed by atoms with van der Waals surface area (Å²) in [6.45, 7) is 18.7. The Bertz CT molecular complexity index is 292. The lowest BCUT2D eigenvalue weighted by Crippen LogP contribution is -2.43. The third-order valence-electron chi connectivity index (χ3n) is 3.18. The average molecular weight is 292 g/mol. The molecule has 0 spiro atoms. The molecule has 18 heavy (non-hydrogen) atoms. The third kappa shape index (κ3) is 5.86. The van der Waals surface area contributed by atoms with Crippen molar-refractivity contribution in [1.29, 1.82) is 0 Å². The topological polar surface area (TPSA) is 44.7 Å². The monoisotopic (exact) mass is 291 g/mol. The SMILES string of the molecule is CC(C=N[S@@+]([O-])C(C)(C)C)O[Si](C)(C)C(C)(C)C. The Morgan fingerprint density at radius 3 is 1.94 bits per heavy atom. The minimum absolute atomic E-state index is 0.0859. The van der Waals surface area contributed by atoms with E-state index in [0.717, 1.165) is 0 Å². The van der Waals surface area contributed by atoms with Crippen LogP contribution in [0.2, 0.25) is 18.1 Å². The molecule has 0 aromatic carbocycles. The highest BCUT2D eigenvalue weighted by Crippen LogP contribution is 2.37. The lowest BCUT2D eigenvalue weighted by Gasteiger charge is -2.37. The summed E-state index contributed by atoms with van der Waals surface area (Å²) >= 11 is -1.20. The quantitative estimate of drug-likeness (QED) is 0.447. The molecule has 0 N–H and O–H groups in total. The van der Waals surface area contributed by atoms with Gasteiger partial charge in [0.05, 0.1) is 12.3 Å². The molecule has 0 bridgehead atoms. The zero-order valence-electron chi connectivity index (χ0n) is 13.3. The molecule has 0 fully saturated rings. The fourth-order valence-electron chi connectivity index (χ4n) is 0.971. The summed E-state index contributed by atoms with van der Waals surface area (Å²) in [6.07, 6.45) is 1.60. The van der Waals surface area contributed by atoms with E-state index in [9.17, 15) is 4.55 Å². The second-order valence-electron chi connectivity index (χ2n) is 7.20. The molecule has 5 heteroatoms. The molecule has 0 saturated carbocycles. The van der Waals surface area contributed by atoms with Crippen molar-refractivity contribution in [3.8, 4) is 0 Å². The minimum Gasteiger partial charge on any atom is -0.591 e. The summed E-state index contributed by atoms with van der Waals surface area (Å²) in [5.74, 6) is 0. The van der Waals surface area contributed by atoms with Gasteiger partial charge in [-0.2, -0.15) is 0 Å². The first-order valence-corrected chi connectivity index (χ1v) is 10.4. The van der Waals surface area contributed by atoms with Gasteiger partial charge in [0.1, 0.15) is 16.1 Å². The molecule has 2 atom stereocenters. The van der Waals surface area contributed by atoms with Gasteiger partial charge in [0.2, 0.25) is 0 Å². The highest BCUT2D eigenvalue weighted by atomic mass is 32.2. The Balaban J connectivity index is 4.54. The number of nitrogens with zero attached hydrogens (tertiary/aromatic N) is 1. The summed E-state index contributed by atoms with van der Waals surface area (Å²) in [4.78, 5) is 0. The van der Waals surface area contributed by atoms with E-state index in [1.54, 1.807) is 6.21 Å². The summed E-state index contributed by atoms with van der Waals surface area (Å²) in [6, 6.07) is 0. The Hall–Kier alpha value is 0.157. The van der Waals surface area contributed by atoms with E-state index in [1.165, 1.54) is 0 Å². The van der Waals surface area contributed by atoms with Crippen LogP contribution in [0.4, 0.5) is 0 Å². The van der Waals surface area contributed by atoms with Gasteiger partial charge < -0.3 is 8.98 Å². The Labute approximate surface area is 117 Å². The zero-order chi connectivity index (χ0) is 14.8. The highest BCUT2D eigenvalue weighted by Gasteiger charge is 2.38. The second kappa shape index (κ2) is 6.07. The molecular formula is C13H29NO2SSi. The molecule has 0 rings (SSSR count). The van der Waals surface area contributed by atoms with Crippen molar-refractivity contribution in [2.45, 2.75) is 77.4 Å². The Morgan fingerprint density at radius 2 is 1.61 bits per heavy atom. The van der Waals surface area contributed by atoms with E-state index in [1.807, 2.05) is 27.7 Å². The maximum Gasteiger partial charge on any atom is 0.192 e. The second-order valence-corrected chi connectivity index (χ2v) is 13.9. The van der Waals surface area contributed by atoms with E-state index >= 15 is 0 Å². The van der Waals surface area contributed by atoms with E-state index < -0.39 is 19.7 Å². The van der Waals surface area contributed by atoms with Crippen molar-refractivity contribution in [2.75, 3.05) is 0 Å². The number of hydrogen-bond donors (Lipinski definition) is 0. The standard InChI is InChI=1S/C13H29NO2SSi/c1-11(10-14-17(15)12(2,3)4)16-18(8,9)13(5,6)7/h10-11H,1-9H3/t11?,17-/m0/s1. The van der Waals surface area contributed by atoms with Gasteiger partial charge in [0, 0.05) is 0 Å². The molecule has 0 aliphatic heterocycles. The first kappa shape index (κ1) is 18.2. The van der Waals surface area contributed by atoms with E-state index in [0.29, 0.717) is 0 Å². The predicted octanol–water partition coefficient (Wildman–Crippen LogP) is 3.93. The van der Waals surface area contributed by atoms with Gasteiger partial charge in [-0.05, 0) is 45.8 Å². The smallest absolute Gasteiger partial charge is 0.192 e. The van der Waals surface area contributed by atoms with Crippen LogP contribution in [0.15, 0.2) is 4.40 Å². The van der Waals surface area contributed by atoms with Crippen molar-refractivity contribution in [3.63, 3.8) is 0 Å².